The molecule has 0 spiro atoms. The predicted octanol–water partition coefficient (Wildman–Crippen LogP) is 2.11. The van der Waals surface area contributed by atoms with E-state index in [4.69, 9.17) is 5.73 Å². The fourth-order valence-electron chi connectivity index (χ4n) is 1.99. The molecule has 70 valence electrons. The van der Waals surface area contributed by atoms with Crippen molar-refractivity contribution in [2.24, 2.45) is 0 Å². The summed E-state index contributed by atoms with van der Waals surface area (Å²) in [5.41, 5.74) is 6.69. The lowest BCUT2D eigenvalue weighted by Gasteiger charge is -2.20. The van der Waals surface area contributed by atoms with E-state index in [2.05, 4.69) is 9.97 Å². The van der Waals surface area contributed by atoms with E-state index in [1.807, 2.05) is 12.4 Å². The van der Waals surface area contributed by atoms with Gasteiger partial charge in [-0.15, -0.1) is 0 Å². The Hall–Kier alpha value is -1.12. The first-order chi connectivity index (χ1) is 6.36. The molecule has 1 fully saturated rings. The third-order valence-corrected chi connectivity index (χ3v) is 2.77. The number of anilines is 1. The monoisotopic (exact) mass is 177 g/mol. The number of aromatic nitrogens is 2. The first-order valence-electron chi connectivity index (χ1n) is 4.93. The zero-order valence-corrected chi connectivity index (χ0v) is 7.74. The quantitative estimate of drug-likeness (QED) is 0.714. The van der Waals surface area contributed by atoms with Crippen LogP contribution in [0, 0.1) is 0 Å². The molecule has 1 aliphatic rings. The molecule has 2 rings (SSSR count). The van der Waals surface area contributed by atoms with Crippen molar-refractivity contribution in [1.82, 2.24) is 9.97 Å². The van der Waals surface area contributed by atoms with E-state index >= 15 is 0 Å². The van der Waals surface area contributed by atoms with Crippen molar-refractivity contribution in [3.63, 3.8) is 0 Å². The molecule has 0 unspecified atom stereocenters. The Morgan fingerprint density at radius 3 is 2.31 bits per heavy atom. The van der Waals surface area contributed by atoms with Gasteiger partial charge < -0.3 is 5.73 Å². The molecule has 1 aliphatic carbocycles. The van der Waals surface area contributed by atoms with Gasteiger partial charge in [-0.1, -0.05) is 19.3 Å². The fourth-order valence-corrected chi connectivity index (χ4v) is 1.99. The van der Waals surface area contributed by atoms with Crippen LogP contribution in [-0.4, -0.2) is 9.97 Å². The molecule has 1 aromatic rings. The van der Waals surface area contributed by atoms with Gasteiger partial charge in [-0.25, -0.2) is 9.97 Å². The molecule has 3 nitrogen and oxygen atoms in total. The molecule has 1 aromatic heterocycles. The van der Waals surface area contributed by atoms with Crippen LogP contribution >= 0.6 is 0 Å². The molecule has 1 heterocycles. The van der Waals surface area contributed by atoms with Crippen molar-refractivity contribution in [2.75, 3.05) is 5.73 Å². The molecule has 13 heavy (non-hydrogen) atoms. The first kappa shape index (κ1) is 8.48. The maximum absolute atomic E-state index is 5.43. The average Bonchev–Trinajstić information content (AvgIpc) is 2.20. The van der Waals surface area contributed by atoms with E-state index in [-0.39, 0.29) is 0 Å². The number of nitrogens with two attached hydrogens (primary N) is 1. The van der Waals surface area contributed by atoms with Crippen LogP contribution in [0.15, 0.2) is 12.4 Å². The molecular formula is C10H15N3. The summed E-state index contributed by atoms with van der Waals surface area (Å²) in [6.45, 7) is 0. The van der Waals surface area contributed by atoms with Crippen LogP contribution in [0.25, 0.3) is 0 Å². The topological polar surface area (TPSA) is 51.8 Å². The van der Waals surface area contributed by atoms with Gasteiger partial charge >= 0.3 is 0 Å². The smallest absolute Gasteiger partial charge is 0.219 e. The lowest BCUT2D eigenvalue weighted by Crippen LogP contribution is -2.06. The van der Waals surface area contributed by atoms with E-state index in [1.54, 1.807) is 0 Å². The van der Waals surface area contributed by atoms with Crippen LogP contribution in [0.3, 0.4) is 0 Å². The SMILES string of the molecule is Nc1ncc(C2CCCCC2)cn1. The summed E-state index contributed by atoms with van der Waals surface area (Å²) in [5.74, 6) is 1.05. The van der Waals surface area contributed by atoms with Crippen molar-refractivity contribution >= 4 is 5.95 Å². The van der Waals surface area contributed by atoms with Crippen molar-refractivity contribution < 1.29 is 0 Å². The minimum absolute atomic E-state index is 0.375. The van der Waals surface area contributed by atoms with E-state index in [9.17, 15) is 0 Å². The largest absolute Gasteiger partial charge is 0.368 e. The van der Waals surface area contributed by atoms with Gasteiger partial charge in [0.15, 0.2) is 0 Å². The molecular weight excluding hydrogens is 162 g/mol. The van der Waals surface area contributed by atoms with Crippen LogP contribution in [0.1, 0.15) is 43.6 Å². The molecule has 0 saturated heterocycles. The second-order valence-corrected chi connectivity index (χ2v) is 3.71. The number of nitrogen functional groups attached to an aromatic ring is 1. The minimum Gasteiger partial charge on any atom is -0.368 e. The standard InChI is InChI=1S/C10H15N3/c11-10-12-6-9(7-13-10)8-4-2-1-3-5-8/h6-8H,1-5H2,(H2,11,12,13). The van der Waals surface area contributed by atoms with Crippen LogP contribution in [-0.2, 0) is 0 Å². The summed E-state index contributed by atoms with van der Waals surface area (Å²) in [7, 11) is 0. The summed E-state index contributed by atoms with van der Waals surface area (Å²) >= 11 is 0. The summed E-state index contributed by atoms with van der Waals surface area (Å²) in [4.78, 5) is 8.04. The number of hydrogen-bond acceptors (Lipinski definition) is 3. The second-order valence-electron chi connectivity index (χ2n) is 3.71. The number of nitrogens with zero attached hydrogens (tertiary/aromatic N) is 2. The van der Waals surface area contributed by atoms with E-state index < -0.39 is 0 Å². The predicted molar refractivity (Wildman–Crippen MR) is 52.3 cm³/mol. The maximum atomic E-state index is 5.43. The highest BCUT2D eigenvalue weighted by molar-refractivity contribution is 5.20. The van der Waals surface area contributed by atoms with Crippen LogP contribution < -0.4 is 5.73 Å². The van der Waals surface area contributed by atoms with E-state index in [0.717, 1.165) is 0 Å². The van der Waals surface area contributed by atoms with Gasteiger partial charge in [-0.2, -0.15) is 0 Å². The normalized spacial score (nSPS) is 18.8. The number of hydrogen-bond donors (Lipinski definition) is 1. The third-order valence-electron chi connectivity index (χ3n) is 2.77. The van der Waals surface area contributed by atoms with Crippen molar-refractivity contribution in [2.45, 2.75) is 38.0 Å². The second kappa shape index (κ2) is 3.73. The lowest BCUT2D eigenvalue weighted by atomic mass is 9.85. The summed E-state index contributed by atoms with van der Waals surface area (Å²) < 4.78 is 0. The molecule has 0 bridgehead atoms. The third kappa shape index (κ3) is 1.97. The highest BCUT2D eigenvalue weighted by Gasteiger charge is 2.15. The Labute approximate surface area is 78.4 Å². The van der Waals surface area contributed by atoms with E-state index in [1.165, 1.54) is 37.7 Å². The maximum Gasteiger partial charge on any atom is 0.219 e. The Morgan fingerprint density at radius 2 is 1.69 bits per heavy atom. The molecule has 0 amide bonds. The van der Waals surface area contributed by atoms with Gasteiger partial charge in [0, 0.05) is 12.4 Å². The van der Waals surface area contributed by atoms with Gasteiger partial charge in [-0.05, 0) is 24.3 Å². The average molecular weight is 177 g/mol. The van der Waals surface area contributed by atoms with Crippen molar-refractivity contribution in [1.29, 1.82) is 0 Å². The lowest BCUT2D eigenvalue weighted by molar-refractivity contribution is 0.442. The Bertz CT molecular complexity index is 262. The molecule has 1 saturated carbocycles. The fraction of sp³-hybridized carbons (Fsp3) is 0.600. The minimum atomic E-state index is 0.375. The van der Waals surface area contributed by atoms with Crippen LogP contribution in [0.2, 0.25) is 0 Å². The van der Waals surface area contributed by atoms with Crippen molar-refractivity contribution in [3.8, 4) is 0 Å². The van der Waals surface area contributed by atoms with Gasteiger partial charge in [0.2, 0.25) is 5.95 Å². The van der Waals surface area contributed by atoms with Gasteiger partial charge in [0.05, 0.1) is 0 Å². The van der Waals surface area contributed by atoms with E-state index in [0.29, 0.717) is 11.9 Å². The zero-order valence-electron chi connectivity index (χ0n) is 7.74. The zero-order chi connectivity index (χ0) is 9.10. The molecule has 0 aliphatic heterocycles. The van der Waals surface area contributed by atoms with Crippen LogP contribution in [0.4, 0.5) is 5.95 Å². The van der Waals surface area contributed by atoms with Crippen molar-refractivity contribution in [3.05, 3.63) is 18.0 Å². The highest BCUT2D eigenvalue weighted by Crippen LogP contribution is 2.31. The molecule has 3 heteroatoms. The van der Waals surface area contributed by atoms with Gasteiger partial charge in [0.25, 0.3) is 0 Å². The molecule has 0 atom stereocenters. The Kier molecular flexibility index (Phi) is 2.43. The molecule has 0 radical (unpaired) electrons. The summed E-state index contributed by atoms with van der Waals surface area (Å²) in [6.07, 6.45) is 10.4. The highest BCUT2D eigenvalue weighted by atomic mass is 15.0. The summed E-state index contributed by atoms with van der Waals surface area (Å²) in [5, 5.41) is 0. The van der Waals surface area contributed by atoms with Crippen LogP contribution in [0.5, 0.6) is 0 Å². The summed E-state index contributed by atoms with van der Waals surface area (Å²) in [6, 6.07) is 0. The Balaban J connectivity index is 2.10. The molecule has 2 N–H and O–H groups in total. The van der Waals surface area contributed by atoms with Gasteiger partial charge in [0.1, 0.15) is 0 Å². The Morgan fingerprint density at radius 1 is 1.08 bits per heavy atom. The molecule has 0 aromatic carbocycles. The number of rotatable bonds is 1. The first-order valence-corrected chi connectivity index (χ1v) is 4.93. The van der Waals surface area contributed by atoms with Gasteiger partial charge in [-0.3, -0.25) is 0 Å².